The van der Waals surface area contributed by atoms with Crippen molar-refractivity contribution in [3.63, 3.8) is 0 Å². The first-order valence-corrected chi connectivity index (χ1v) is 5.78. The van der Waals surface area contributed by atoms with E-state index in [1.807, 2.05) is 12.3 Å². The van der Waals surface area contributed by atoms with Crippen molar-refractivity contribution in [3.8, 4) is 0 Å². The van der Waals surface area contributed by atoms with Crippen molar-refractivity contribution in [1.82, 2.24) is 4.98 Å². The van der Waals surface area contributed by atoms with Gasteiger partial charge in [0.2, 0.25) is 0 Å². The van der Waals surface area contributed by atoms with E-state index in [-0.39, 0.29) is 5.54 Å². The Morgan fingerprint density at radius 1 is 1.43 bits per heavy atom. The predicted molar refractivity (Wildman–Crippen MR) is 64.5 cm³/mol. The number of nitrogens with one attached hydrogen (secondary N) is 1. The van der Waals surface area contributed by atoms with E-state index in [2.05, 4.69) is 47.0 Å². The summed E-state index contributed by atoms with van der Waals surface area (Å²) < 4.78 is 1.02. The van der Waals surface area contributed by atoms with Crippen LogP contribution in [0.2, 0.25) is 0 Å². The Morgan fingerprint density at radius 2 is 2.07 bits per heavy atom. The van der Waals surface area contributed by atoms with Gasteiger partial charge in [0.15, 0.2) is 0 Å². The van der Waals surface area contributed by atoms with Gasteiger partial charge in [0.1, 0.15) is 0 Å². The largest absolute Gasteiger partial charge is 0.379 e. The maximum Gasteiger partial charge on any atom is 0.0590 e. The fourth-order valence-corrected chi connectivity index (χ4v) is 1.58. The lowest BCUT2D eigenvalue weighted by Gasteiger charge is -2.29. The van der Waals surface area contributed by atoms with Crippen LogP contribution < -0.4 is 5.32 Å². The normalized spacial score (nSPS) is 11.4. The Hall–Kier alpha value is -0.570. The van der Waals surface area contributed by atoms with Crippen LogP contribution >= 0.6 is 15.9 Å². The maximum absolute atomic E-state index is 4.04. The molecule has 0 atom stereocenters. The number of rotatable bonds is 4. The minimum absolute atomic E-state index is 0.171. The zero-order valence-corrected chi connectivity index (χ0v) is 10.6. The summed E-state index contributed by atoms with van der Waals surface area (Å²) >= 11 is 3.48. The molecule has 14 heavy (non-hydrogen) atoms. The molecule has 0 unspecified atom stereocenters. The first-order valence-electron chi connectivity index (χ1n) is 4.99. The first kappa shape index (κ1) is 11.5. The molecule has 0 aliphatic rings. The molecule has 0 spiro atoms. The highest BCUT2D eigenvalue weighted by Crippen LogP contribution is 2.26. The molecule has 0 aromatic carbocycles. The van der Waals surface area contributed by atoms with E-state index >= 15 is 0 Å². The SMILES string of the molecule is CCC(C)(CC)Nc1ccncc1Br. The number of hydrogen-bond donors (Lipinski definition) is 1. The quantitative estimate of drug-likeness (QED) is 0.886. The van der Waals surface area contributed by atoms with Gasteiger partial charge in [0.05, 0.1) is 10.2 Å². The molecule has 1 aromatic heterocycles. The zero-order valence-electron chi connectivity index (χ0n) is 8.97. The second-order valence-electron chi connectivity index (χ2n) is 3.75. The average Bonchev–Trinajstić information content (AvgIpc) is 2.21. The number of anilines is 1. The van der Waals surface area contributed by atoms with Gasteiger partial charge in [-0.2, -0.15) is 0 Å². The van der Waals surface area contributed by atoms with Crippen LogP contribution in [0, 0.1) is 0 Å². The summed E-state index contributed by atoms with van der Waals surface area (Å²) in [5, 5.41) is 3.54. The molecule has 1 rings (SSSR count). The number of nitrogens with zero attached hydrogens (tertiary/aromatic N) is 1. The van der Waals surface area contributed by atoms with Crippen LogP contribution in [0.3, 0.4) is 0 Å². The molecule has 2 nitrogen and oxygen atoms in total. The molecular formula is C11H17BrN2. The summed E-state index contributed by atoms with van der Waals surface area (Å²) in [7, 11) is 0. The van der Waals surface area contributed by atoms with E-state index in [0.29, 0.717) is 0 Å². The van der Waals surface area contributed by atoms with Crippen LogP contribution in [0.25, 0.3) is 0 Å². The molecule has 1 heterocycles. The topological polar surface area (TPSA) is 24.9 Å². The van der Waals surface area contributed by atoms with Gasteiger partial charge in [-0.25, -0.2) is 0 Å². The lowest BCUT2D eigenvalue weighted by Crippen LogP contribution is -2.33. The number of halogens is 1. The van der Waals surface area contributed by atoms with Crippen molar-refractivity contribution in [1.29, 1.82) is 0 Å². The Balaban J connectivity index is 2.82. The van der Waals surface area contributed by atoms with E-state index in [1.54, 1.807) is 6.20 Å². The predicted octanol–water partition coefficient (Wildman–Crippen LogP) is 3.83. The Morgan fingerprint density at radius 3 is 2.57 bits per heavy atom. The molecule has 0 saturated carbocycles. The smallest absolute Gasteiger partial charge is 0.0590 e. The lowest BCUT2D eigenvalue weighted by molar-refractivity contribution is 0.478. The molecule has 0 aliphatic heterocycles. The molecule has 1 aromatic rings. The molecule has 0 saturated heterocycles. The van der Waals surface area contributed by atoms with Crippen molar-refractivity contribution < 1.29 is 0 Å². The van der Waals surface area contributed by atoms with Gasteiger partial charge >= 0.3 is 0 Å². The minimum Gasteiger partial charge on any atom is -0.379 e. The molecule has 0 bridgehead atoms. The summed E-state index contributed by atoms with van der Waals surface area (Å²) in [4.78, 5) is 4.04. The third-order valence-corrected chi connectivity index (χ3v) is 3.40. The summed E-state index contributed by atoms with van der Waals surface area (Å²) in [6, 6.07) is 1.99. The second kappa shape index (κ2) is 4.78. The van der Waals surface area contributed by atoms with Crippen LogP contribution in [0.1, 0.15) is 33.6 Å². The van der Waals surface area contributed by atoms with E-state index in [1.165, 1.54) is 0 Å². The monoisotopic (exact) mass is 256 g/mol. The number of hydrogen-bond acceptors (Lipinski definition) is 2. The van der Waals surface area contributed by atoms with Gasteiger partial charge in [-0.3, -0.25) is 4.98 Å². The van der Waals surface area contributed by atoms with Gasteiger partial charge in [-0.15, -0.1) is 0 Å². The van der Waals surface area contributed by atoms with E-state index in [4.69, 9.17) is 0 Å². The van der Waals surface area contributed by atoms with Crippen molar-refractivity contribution in [3.05, 3.63) is 22.9 Å². The molecule has 3 heteroatoms. The van der Waals surface area contributed by atoms with Gasteiger partial charge < -0.3 is 5.32 Å². The van der Waals surface area contributed by atoms with Gasteiger partial charge in [-0.1, -0.05) is 13.8 Å². The molecule has 0 amide bonds. The zero-order chi connectivity index (χ0) is 10.6. The average molecular weight is 257 g/mol. The molecule has 0 radical (unpaired) electrons. The molecule has 0 fully saturated rings. The van der Waals surface area contributed by atoms with Gasteiger partial charge in [0.25, 0.3) is 0 Å². The van der Waals surface area contributed by atoms with Gasteiger partial charge in [-0.05, 0) is 41.8 Å². The standard InChI is InChI=1S/C11H17BrN2/c1-4-11(3,5-2)14-10-6-7-13-8-9(10)12/h6-8H,4-5H2,1-3H3,(H,13,14). The second-order valence-corrected chi connectivity index (χ2v) is 4.60. The van der Waals surface area contributed by atoms with E-state index in [0.717, 1.165) is 23.0 Å². The third kappa shape index (κ3) is 2.71. The Bertz CT molecular complexity index is 295. The number of aromatic nitrogens is 1. The third-order valence-electron chi connectivity index (χ3n) is 2.77. The first-order chi connectivity index (χ1) is 6.61. The van der Waals surface area contributed by atoms with Crippen molar-refractivity contribution in [2.75, 3.05) is 5.32 Å². The summed E-state index contributed by atoms with van der Waals surface area (Å²) in [5.41, 5.74) is 1.29. The van der Waals surface area contributed by atoms with Crippen LogP contribution in [-0.2, 0) is 0 Å². The summed E-state index contributed by atoms with van der Waals surface area (Å²) in [5.74, 6) is 0. The van der Waals surface area contributed by atoms with Crippen LogP contribution in [-0.4, -0.2) is 10.5 Å². The molecule has 0 aliphatic carbocycles. The molecule has 1 N–H and O–H groups in total. The fourth-order valence-electron chi connectivity index (χ4n) is 1.23. The highest BCUT2D eigenvalue weighted by molar-refractivity contribution is 9.10. The van der Waals surface area contributed by atoms with Crippen molar-refractivity contribution in [2.45, 2.75) is 39.2 Å². The molecular weight excluding hydrogens is 240 g/mol. The highest BCUT2D eigenvalue weighted by Gasteiger charge is 2.19. The van der Waals surface area contributed by atoms with Crippen LogP contribution in [0.5, 0.6) is 0 Å². The van der Waals surface area contributed by atoms with Crippen LogP contribution in [0.4, 0.5) is 5.69 Å². The Labute approximate surface area is 94.3 Å². The van der Waals surface area contributed by atoms with E-state index in [9.17, 15) is 0 Å². The minimum atomic E-state index is 0.171. The van der Waals surface area contributed by atoms with Crippen molar-refractivity contribution >= 4 is 21.6 Å². The molecule has 78 valence electrons. The van der Waals surface area contributed by atoms with Crippen molar-refractivity contribution in [2.24, 2.45) is 0 Å². The maximum atomic E-state index is 4.04. The summed E-state index contributed by atoms with van der Waals surface area (Å²) in [6.45, 7) is 6.64. The summed E-state index contributed by atoms with van der Waals surface area (Å²) in [6.07, 6.45) is 5.84. The lowest BCUT2D eigenvalue weighted by atomic mass is 9.95. The Kier molecular flexibility index (Phi) is 3.93. The van der Waals surface area contributed by atoms with E-state index < -0.39 is 0 Å². The van der Waals surface area contributed by atoms with Crippen LogP contribution in [0.15, 0.2) is 22.9 Å². The highest BCUT2D eigenvalue weighted by atomic mass is 79.9. The van der Waals surface area contributed by atoms with Gasteiger partial charge in [0, 0.05) is 17.9 Å². The number of pyridine rings is 1. The fraction of sp³-hybridized carbons (Fsp3) is 0.545.